The second-order valence-corrected chi connectivity index (χ2v) is 7.81. The zero-order valence-corrected chi connectivity index (χ0v) is 18.5. The third-order valence-corrected chi connectivity index (χ3v) is 6.28. The molecule has 3 aliphatic rings. The van der Waals surface area contributed by atoms with Crippen molar-refractivity contribution in [2.24, 2.45) is 16.8 Å². The van der Waals surface area contributed by atoms with Gasteiger partial charge in [0.25, 0.3) is 0 Å². The molecule has 0 saturated carbocycles. The first kappa shape index (κ1) is 19.7. The van der Waals surface area contributed by atoms with Gasteiger partial charge < -0.3 is 20.3 Å². The summed E-state index contributed by atoms with van der Waals surface area (Å²) in [6.45, 7) is 3.77. The summed E-state index contributed by atoms with van der Waals surface area (Å²) in [7, 11) is 1.87. The molecule has 4 atom stereocenters. The van der Waals surface area contributed by atoms with Crippen LogP contribution in [0, 0.1) is 11.8 Å². The van der Waals surface area contributed by atoms with E-state index in [-0.39, 0.29) is 24.0 Å². The lowest BCUT2D eigenvalue weighted by molar-refractivity contribution is 0.0767. The Hall–Kier alpha value is -1.61. The van der Waals surface area contributed by atoms with E-state index < -0.39 is 0 Å². The van der Waals surface area contributed by atoms with Gasteiger partial charge in [-0.05, 0) is 31.0 Å². The Balaban J connectivity index is 0.00000192. The number of pyridine rings is 1. The Bertz CT molecular complexity index is 842. The molecular weight excluding hydrogens is 465 g/mol. The van der Waals surface area contributed by atoms with Gasteiger partial charge in [-0.25, -0.2) is 4.98 Å². The number of ether oxygens (including phenoxy) is 1. The van der Waals surface area contributed by atoms with Crippen LogP contribution in [0.1, 0.15) is 12.8 Å². The van der Waals surface area contributed by atoms with E-state index >= 15 is 0 Å². The second-order valence-electron chi connectivity index (χ2n) is 7.81. The summed E-state index contributed by atoms with van der Waals surface area (Å²) in [5, 5.41) is 8.07. The maximum atomic E-state index is 6.08. The minimum atomic E-state index is 0. The summed E-state index contributed by atoms with van der Waals surface area (Å²) >= 11 is 0. The number of fused-ring (bicyclic) bond motifs is 6. The molecule has 6 nitrogen and oxygen atoms in total. The molecule has 3 aliphatic heterocycles. The minimum Gasteiger partial charge on any atom is -0.374 e. The lowest BCUT2D eigenvalue weighted by Gasteiger charge is -2.23. The Morgan fingerprint density at radius 1 is 1.11 bits per heavy atom. The molecule has 0 aliphatic carbocycles. The van der Waals surface area contributed by atoms with Crippen LogP contribution in [-0.2, 0) is 4.74 Å². The minimum absolute atomic E-state index is 0. The molecule has 0 spiro atoms. The van der Waals surface area contributed by atoms with Gasteiger partial charge in [-0.3, -0.25) is 4.99 Å². The Kier molecular flexibility index (Phi) is 5.91. The molecule has 4 heterocycles. The first-order chi connectivity index (χ1) is 13.3. The molecule has 2 N–H and O–H groups in total. The summed E-state index contributed by atoms with van der Waals surface area (Å²) in [5.74, 6) is 3.32. The van der Waals surface area contributed by atoms with Gasteiger partial charge >= 0.3 is 0 Å². The zero-order chi connectivity index (χ0) is 18.2. The molecule has 1 aromatic carbocycles. The predicted octanol–water partition coefficient (Wildman–Crippen LogP) is 2.95. The number of guanidine groups is 1. The number of benzene rings is 1. The summed E-state index contributed by atoms with van der Waals surface area (Å²) in [5.41, 5.74) is 1.02. The molecular formula is C21H28IN5O. The average molecular weight is 493 g/mol. The Morgan fingerprint density at radius 3 is 2.61 bits per heavy atom. The molecule has 2 aromatic rings. The third-order valence-electron chi connectivity index (χ3n) is 6.28. The van der Waals surface area contributed by atoms with Crippen LogP contribution in [0.2, 0.25) is 0 Å². The van der Waals surface area contributed by atoms with Crippen LogP contribution in [0.15, 0.2) is 41.4 Å². The normalized spacial score (nSPS) is 28.3. The van der Waals surface area contributed by atoms with Crippen molar-refractivity contribution in [1.82, 2.24) is 15.2 Å². The number of likely N-dealkylation sites (tertiary alicyclic amines) is 1. The molecule has 0 radical (unpaired) electrons. The molecule has 150 valence electrons. The average Bonchev–Trinajstić information content (AvgIpc) is 3.41. The van der Waals surface area contributed by atoms with Gasteiger partial charge in [0.05, 0.1) is 17.7 Å². The van der Waals surface area contributed by atoms with Crippen molar-refractivity contribution in [2.75, 3.05) is 38.5 Å². The lowest BCUT2D eigenvalue weighted by atomic mass is 9.82. The molecule has 4 unspecified atom stereocenters. The smallest absolute Gasteiger partial charge is 0.193 e. The van der Waals surface area contributed by atoms with Gasteiger partial charge in [0, 0.05) is 50.4 Å². The van der Waals surface area contributed by atoms with Crippen molar-refractivity contribution in [3.63, 3.8) is 0 Å². The van der Waals surface area contributed by atoms with E-state index in [1.54, 1.807) is 0 Å². The number of nitrogens with zero attached hydrogens (tertiary/aromatic N) is 3. The van der Waals surface area contributed by atoms with E-state index in [4.69, 9.17) is 4.74 Å². The highest BCUT2D eigenvalue weighted by Crippen LogP contribution is 2.47. The van der Waals surface area contributed by atoms with E-state index in [9.17, 15) is 0 Å². The SMILES string of the molecule is CN=C(NCCNc1ccc2ccccc2n1)N1CC2C3CCC(O3)C2C1.I. The molecule has 3 saturated heterocycles. The maximum Gasteiger partial charge on any atom is 0.193 e. The van der Waals surface area contributed by atoms with Crippen LogP contribution < -0.4 is 10.6 Å². The fourth-order valence-electron chi connectivity index (χ4n) is 4.99. The number of halogens is 1. The predicted molar refractivity (Wildman–Crippen MR) is 123 cm³/mol. The third kappa shape index (κ3) is 3.66. The van der Waals surface area contributed by atoms with Gasteiger partial charge in [-0.2, -0.15) is 0 Å². The molecule has 3 fully saturated rings. The monoisotopic (exact) mass is 493 g/mol. The maximum absolute atomic E-state index is 6.08. The number of aromatic nitrogens is 1. The van der Waals surface area contributed by atoms with E-state index in [0.717, 1.165) is 43.5 Å². The first-order valence-electron chi connectivity index (χ1n) is 10.0. The van der Waals surface area contributed by atoms with Crippen LogP contribution in [0.5, 0.6) is 0 Å². The van der Waals surface area contributed by atoms with Crippen molar-refractivity contribution in [2.45, 2.75) is 25.0 Å². The molecule has 7 heteroatoms. The highest BCUT2D eigenvalue weighted by molar-refractivity contribution is 14.0. The second kappa shape index (κ2) is 8.41. The Morgan fingerprint density at radius 2 is 1.86 bits per heavy atom. The number of aliphatic imine (C=N–C) groups is 1. The van der Waals surface area contributed by atoms with E-state index in [0.29, 0.717) is 24.0 Å². The van der Waals surface area contributed by atoms with Crippen LogP contribution in [0.3, 0.4) is 0 Å². The van der Waals surface area contributed by atoms with Crippen molar-refractivity contribution in [1.29, 1.82) is 0 Å². The first-order valence-corrected chi connectivity index (χ1v) is 10.0. The summed E-state index contributed by atoms with van der Waals surface area (Å²) in [4.78, 5) is 11.6. The zero-order valence-electron chi connectivity index (χ0n) is 16.2. The largest absolute Gasteiger partial charge is 0.374 e. The number of rotatable bonds is 4. The van der Waals surface area contributed by atoms with Crippen molar-refractivity contribution >= 4 is 46.7 Å². The van der Waals surface area contributed by atoms with E-state index in [1.807, 2.05) is 31.3 Å². The summed E-state index contributed by atoms with van der Waals surface area (Å²) in [6.07, 6.45) is 3.47. The topological polar surface area (TPSA) is 61.8 Å². The standard InChI is InChI=1S/C21H27N5O.HI/c1-22-21(26-12-15-16(13-26)19-8-7-18(15)27-19)24-11-10-23-20-9-6-14-4-2-3-5-17(14)25-20;/h2-6,9,15-16,18-19H,7-8,10-13H2,1H3,(H,22,24)(H,23,25);1H. The van der Waals surface area contributed by atoms with E-state index in [2.05, 4.69) is 37.6 Å². The number of anilines is 1. The van der Waals surface area contributed by atoms with Gasteiger partial charge in [-0.15, -0.1) is 24.0 Å². The molecule has 5 rings (SSSR count). The number of hydrogen-bond donors (Lipinski definition) is 2. The van der Waals surface area contributed by atoms with Gasteiger partial charge in [-0.1, -0.05) is 18.2 Å². The lowest BCUT2D eigenvalue weighted by Crippen LogP contribution is -2.42. The van der Waals surface area contributed by atoms with Crippen LogP contribution >= 0.6 is 24.0 Å². The molecule has 1 aromatic heterocycles. The van der Waals surface area contributed by atoms with Crippen molar-refractivity contribution < 1.29 is 4.74 Å². The summed E-state index contributed by atoms with van der Waals surface area (Å²) in [6, 6.07) is 12.3. The summed E-state index contributed by atoms with van der Waals surface area (Å²) < 4.78 is 6.08. The van der Waals surface area contributed by atoms with Gasteiger partial charge in [0.15, 0.2) is 5.96 Å². The van der Waals surface area contributed by atoms with Gasteiger partial charge in [0.2, 0.25) is 0 Å². The van der Waals surface area contributed by atoms with E-state index in [1.165, 1.54) is 18.2 Å². The van der Waals surface area contributed by atoms with Crippen LogP contribution in [0.25, 0.3) is 10.9 Å². The van der Waals surface area contributed by atoms with Crippen molar-refractivity contribution in [3.8, 4) is 0 Å². The van der Waals surface area contributed by atoms with Crippen molar-refractivity contribution in [3.05, 3.63) is 36.4 Å². The fourth-order valence-corrected chi connectivity index (χ4v) is 4.99. The van der Waals surface area contributed by atoms with Crippen LogP contribution in [0.4, 0.5) is 5.82 Å². The molecule has 0 amide bonds. The Labute approximate surface area is 183 Å². The quantitative estimate of drug-likeness (QED) is 0.297. The number of nitrogens with one attached hydrogen (secondary N) is 2. The van der Waals surface area contributed by atoms with Gasteiger partial charge in [0.1, 0.15) is 5.82 Å². The fraction of sp³-hybridized carbons (Fsp3) is 0.524. The molecule has 28 heavy (non-hydrogen) atoms. The number of para-hydroxylation sites is 1. The number of hydrogen-bond acceptors (Lipinski definition) is 4. The molecule has 2 bridgehead atoms. The highest BCUT2D eigenvalue weighted by atomic mass is 127. The van der Waals surface area contributed by atoms with Crippen LogP contribution in [-0.4, -0.2) is 61.3 Å². The highest BCUT2D eigenvalue weighted by Gasteiger charge is 2.53.